The molecule has 0 radical (unpaired) electrons. The Labute approximate surface area is 117 Å². The highest BCUT2D eigenvalue weighted by atomic mass is 35.5. The maximum atomic E-state index is 13.0. The lowest BCUT2D eigenvalue weighted by atomic mass is 9.96. The summed E-state index contributed by atoms with van der Waals surface area (Å²) in [6.45, 7) is 3.99. The fraction of sp³-hybridized carbons (Fsp3) is 0.538. The molecule has 0 unspecified atom stereocenters. The monoisotopic (exact) mass is 297 g/mol. The molecule has 0 aliphatic carbocycles. The molecule has 1 aromatic rings. The third-order valence-electron chi connectivity index (χ3n) is 2.85. The van der Waals surface area contributed by atoms with Crippen LogP contribution in [0.2, 0.25) is 0 Å². The predicted molar refractivity (Wildman–Crippen MR) is 70.6 cm³/mol. The Bertz CT molecular complexity index is 392. The van der Waals surface area contributed by atoms with Crippen molar-refractivity contribution < 1.29 is 18.3 Å². The molecule has 2 nitrogen and oxygen atoms in total. The second kappa shape index (κ2) is 7.72. The SMILES string of the molecule is CC(C)CC[C@@H](O)[C@@H](N)c1cc(F)c(F)c(F)c1.Cl. The first-order valence-electron chi connectivity index (χ1n) is 5.91. The Balaban J connectivity index is 0.00000324. The molecule has 1 aromatic carbocycles. The lowest BCUT2D eigenvalue weighted by Gasteiger charge is -2.20. The van der Waals surface area contributed by atoms with E-state index in [-0.39, 0.29) is 18.0 Å². The Morgan fingerprint density at radius 3 is 2.00 bits per heavy atom. The zero-order chi connectivity index (χ0) is 13.9. The molecular formula is C13H19ClF3NO. The van der Waals surface area contributed by atoms with E-state index in [1.165, 1.54) is 0 Å². The lowest BCUT2D eigenvalue weighted by molar-refractivity contribution is 0.128. The van der Waals surface area contributed by atoms with Crippen LogP contribution in [0.1, 0.15) is 38.3 Å². The number of rotatable bonds is 5. The topological polar surface area (TPSA) is 46.2 Å². The first-order valence-corrected chi connectivity index (χ1v) is 5.91. The van der Waals surface area contributed by atoms with Gasteiger partial charge in [0.2, 0.25) is 0 Å². The number of nitrogens with two attached hydrogens (primary N) is 1. The van der Waals surface area contributed by atoms with Gasteiger partial charge in [0.25, 0.3) is 0 Å². The van der Waals surface area contributed by atoms with Crippen LogP contribution >= 0.6 is 12.4 Å². The fourth-order valence-corrected chi connectivity index (χ4v) is 1.67. The van der Waals surface area contributed by atoms with E-state index in [2.05, 4.69) is 0 Å². The standard InChI is InChI=1S/C13H18F3NO.ClH/c1-7(2)3-4-11(18)13(17)8-5-9(14)12(16)10(15)6-8;/h5-7,11,13,18H,3-4,17H2,1-2H3;1H/t11-,13+;/m1./s1. The van der Waals surface area contributed by atoms with Crippen molar-refractivity contribution in [3.05, 3.63) is 35.1 Å². The maximum absolute atomic E-state index is 13.0. The van der Waals surface area contributed by atoms with Crippen LogP contribution in [-0.4, -0.2) is 11.2 Å². The van der Waals surface area contributed by atoms with Gasteiger partial charge in [0, 0.05) is 0 Å². The highest BCUT2D eigenvalue weighted by molar-refractivity contribution is 5.85. The molecule has 2 atom stereocenters. The van der Waals surface area contributed by atoms with Crippen molar-refractivity contribution in [2.24, 2.45) is 11.7 Å². The summed E-state index contributed by atoms with van der Waals surface area (Å²) in [5.74, 6) is -3.72. The van der Waals surface area contributed by atoms with E-state index < -0.39 is 29.6 Å². The smallest absolute Gasteiger partial charge is 0.194 e. The normalized spacial score (nSPS) is 14.1. The molecule has 0 aliphatic heterocycles. The average molecular weight is 298 g/mol. The summed E-state index contributed by atoms with van der Waals surface area (Å²) in [5.41, 5.74) is 5.76. The minimum atomic E-state index is -1.53. The van der Waals surface area contributed by atoms with Crippen LogP contribution in [0, 0.1) is 23.4 Å². The molecule has 0 aromatic heterocycles. The van der Waals surface area contributed by atoms with Gasteiger partial charge in [0.1, 0.15) is 0 Å². The van der Waals surface area contributed by atoms with Gasteiger partial charge < -0.3 is 10.8 Å². The van der Waals surface area contributed by atoms with Gasteiger partial charge in [-0.15, -0.1) is 12.4 Å². The summed E-state index contributed by atoms with van der Waals surface area (Å²) >= 11 is 0. The van der Waals surface area contributed by atoms with Crippen LogP contribution < -0.4 is 5.73 Å². The summed E-state index contributed by atoms with van der Waals surface area (Å²) in [6, 6.07) is 0.719. The third kappa shape index (κ3) is 5.01. The van der Waals surface area contributed by atoms with Gasteiger partial charge in [-0.3, -0.25) is 0 Å². The van der Waals surface area contributed by atoms with Crippen molar-refractivity contribution >= 4 is 12.4 Å². The van der Waals surface area contributed by atoms with Crippen molar-refractivity contribution in [3.63, 3.8) is 0 Å². The van der Waals surface area contributed by atoms with Gasteiger partial charge in [0.15, 0.2) is 17.5 Å². The molecule has 3 N–H and O–H groups in total. The van der Waals surface area contributed by atoms with Crippen LogP contribution in [0.4, 0.5) is 13.2 Å². The molecule has 110 valence electrons. The molecule has 0 fully saturated rings. The molecule has 1 rings (SSSR count). The number of halogens is 4. The van der Waals surface area contributed by atoms with E-state index in [0.29, 0.717) is 12.3 Å². The maximum Gasteiger partial charge on any atom is 0.194 e. The highest BCUT2D eigenvalue weighted by Gasteiger charge is 2.20. The Morgan fingerprint density at radius 2 is 1.58 bits per heavy atom. The zero-order valence-electron chi connectivity index (χ0n) is 10.9. The van der Waals surface area contributed by atoms with E-state index in [9.17, 15) is 18.3 Å². The first-order chi connectivity index (χ1) is 8.32. The van der Waals surface area contributed by atoms with Gasteiger partial charge in [0.05, 0.1) is 12.1 Å². The van der Waals surface area contributed by atoms with Gasteiger partial charge in [-0.25, -0.2) is 13.2 Å². The van der Waals surface area contributed by atoms with Gasteiger partial charge in [-0.05, 0) is 36.5 Å². The van der Waals surface area contributed by atoms with Crippen molar-refractivity contribution in [1.29, 1.82) is 0 Å². The molecule has 0 heterocycles. The second-order valence-electron chi connectivity index (χ2n) is 4.86. The largest absolute Gasteiger partial charge is 0.391 e. The minimum Gasteiger partial charge on any atom is -0.391 e. The second-order valence-corrected chi connectivity index (χ2v) is 4.86. The molecule has 19 heavy (non-hydrogen) atoms. The molecule has 0 spiro atoms. The molecular weight excluding hydrogens is 279 g/mol. The summed E-state index contributed by atoms with van der Waals surface area (Å²) in [5, 5.41) is 9.81. The predicted octanol–water partition coefficient (Wildman–Crippen LogP) is 3.32. The quantitative estimate of drug-likeness (QED) is 0.819. The molecule has 0 saturated heterocycles. The van der Waals surface area contributed by atoms with Crippen molar-refractivity contribution in [3.8, 4) is 0 Å². The van der Waals surface area contributed by atoms with Crippen LogP contribution in [0.15, 0.2) is 12.1 Å². The number of aliphatic hydroxyl groups excluding tert-OH is 1. The zero-order valence-corrected chi connectivity index (χ0v) is 11.7. The van der Waals surface area contributed by atoms with Crippen molar-refractivity contribution in [2.45, 2.75) is 38.8 Å². The summed E-state index contributed by atoms with van der Waals surface area (Å²) in [7, 11) is 0. The van der Waals surface area contributed by atoms with E-state index in [1.807, 2.05) is 13.8 Å². The van der Waals surface area contributed by atoms with Crippen molar-refractivity contribution in [2.75, 3.05) is 0 Å². The molecule has 0 amide bonds. The van der Waals surface area contributed by atoms with E-state index in [1.54, 1.807) is 0 Å². The average Bonchev–Trinajstić information content (AvgIpc) is 2.31. The lowest BCUT2D eigenvalue weighted by Crippen LogP contribution is -2.27. The van der Waals surface area contributed by atoms with Gasteiger partial charge in [-0.1, -0.05) is 13.8 Å². The summed E-state index contributed by atoms with van der Waals surface area (Å²) in [6.07, 6.45) is 0.275. The number of hydrogen-bond donors (Lipinski definition) is 2. The number of benzene rings is 1. The Morgan fingerprint density at radius 1 is 1.11 bits per heavy atom. The Kier molecular flexibility index (Phi) is 7.41. The fourth-order valence-electron chi connectivity index (χ4n) is 1.67. The number of hydrogen-bond acceptors (Lipinski definition) is 2. The summed E-state index contributed by atoms with van der Waals surface area (Å²) in [4.78, 5) is 0. The molecule has 0 saturated carbocycles. The third-order valence-corrected chi connectivity index (χ3v) is 2.85. The highest BCUT2D eigenvalue weighted by Crippen LogP contribution is 2.22. The van der Waals surface area contributed by atoms with Crippen LogP contribution in [0.5, 0.6) is 0 Å². The van der Waals surface area contributed by atoms with Crippen LogP contribution in [0.25, 0.3) is 0 Å². The van der Waals surface area contributed by atoms with Gasteiger partial charge >= 0.3 is 0 Å². The van der Waals surface area contributed by atoms with Crippen LogP contribution in [0.3, 0.4) is 0 Å². The van der Waals surface area contributed by atoms with Crippen LogP contribution in [-0.2, 0) is 0 Å². The molecule has 0 aliphatic rings. The summed E-state index contributed by atoms with van der Waals surface area (Å²) < 4.78 is 38.8. The van der Waals surface area contributed by atoms with Crippen molar-refractivity contribution in [1.82, 2.24) is 0 Å². The van der Waals surface area contributed by atoms with E-state index >= 15 is 0 Å². The number of aliphatic hydroxyl groups is 1. The minimum absolute atomic E-state index is 0. The molecule has 0 bridgehead atoms. The first kappa shape index (κ1) is 18.2. The Hall–Kier alpha value is -0.780. The van der Waals surface area contributed by atoms with Gasteiger partial charge in [-0.2, -0.15) is 0 Å². The van der Waals surface area contributed by atoms with E-state index in [4.69, 9.17) is 5.73 Å². The molecule has 6 heteroatoms. The van der Waals surface area contributed by atoms with E-state index in [0.717, 1.165) is 18.6 Å².